The van der Waals surface area contributed by atoms with E-state index in [-0.39, 0.29) is 17.5 Å². The van der Waals surface area contributed by atoms with Gasteiger partial charge in [-0.3, -0.25) is 0 Å². The van der Waals surface area contributed by atoms with Gasteiger partial charge in [-0.1, -0.05) is 33.6 Å². The fraction of sp³-hybridized carbons (Fsp3) is 0.929. The van der Waals surface area contributed by atoms with Crippen LogP contribution in [-0.4, -0.2) is 29.9 Å². The Morgan fingerprint density at radius 3 is 2.67 bits per heavy atom. The van der Waals surface area contributed by atoms with Gasteiger partial charge in [0.25, 0.3) is 0 Å². The number of carbonyl (C=O) groups is 1. The number of hydrogen-bond acceptors (Lipinski definition) is 4. The molecule has 0 bridgehead atoms. The molecule has 0 radical (unpaired) electrons. The molecule has 0 aromatic carbocycles. The maximum absolute atomic E-state index is 11.7. The second-order valence-corrected chi connectivity index (χ2v) is 6.28. The number of thioether (sulfide) groups is 1. The van der Waals surface area contributed by atoms with Gasteiger partial charge in [0.1, 0.15) is 6.10 Å². The lowest BCUT2D eigenvalue weighted by Crippen LogP contribution is -2.29. The minimum absolute atomic E-state index is 0.131. The van der Waals surface area contributed by atoms with Crippen LogP contribution in [0.2, 0.25) is 0 Å². The van der Waals surface area contributed by atoms with Crippen LogP contribution >= 0.6 is 11.8 Å². The smallest absolute Gasteiger partial charge is 0.346 e. The van der Waals surface area contributed by atoms with Crippen LogP contribution in [-0.2, 0) is 14.3 Å². The Morgan fingerprint density at radius 1 is 1.39 bits per heavy atom. The van der Waals surface area contributed by atoms with Crippen LogP contribution in [0.25, 0.3) is 0 Å². The van der Waals surface area contributed by atoms with E-state index in [1.54, 1.807) is 11.8 Å². The van der Waals surface area contributed by atoms with Crippen molar-refractivity contribution in [2.45, 2.75) is 64.4 Å². The van der Waals surface area contributed by atoms with E-state index >= 15 is 0 Å². The van der Waals surface area contributed by atoms with Gasteiger partial charge in [-0.05, 0) is 25.2 Å². The zero-order valence-corrected chi connectivity index (χ0v) is 12.6. The molecule has 2 fully saturated rings. The molecule has 0 aromatic heterocycles. The van der Waals surface area contributed by atoms with Crippen LogP contribution in [0.5, 0.6) is 0 Å². The first-order valence-electron chi connectivity index (χ1n) is 7.11. The Morgan fingerprint density at radius 2 is 2.11 bits per heavy atom. The summed E-state index contributed by atoms with van der Waals surface area (Å²) in [6.45, 7) is 7.15. The summed E-state index contributed by atoms with van der Waals surface area (Å²) in [5, 5.41) is 0. The number of hydrogen-bond donors (Lipinski definition) is 0. The minimum atomic E-state index is -0.359. The van der Waals surface area contributed by atoms with E-state index in [1.165, 1.54) is 19.3 Å². The molecule has 1 aliphatic heterocycles. The van der Waals surface area contributed by atoms with Gasteiger partial charge in [-0.15, -0.1) is 11.8 Å². The van der Waals surface area contributed by atoms with Gasteiger partial charge in [-0.2, -0.15) is 0 Å². The molecule has 1 heterocycles. The number of esters is 1. The maximum Gasteiger partial charge on any atom is 0.346 e. The monoisotopic (exact) mass is 274 g/mol. The first-order chi connectivity index (χ1) is 8.67. The van der Waals surface area contributed by atoms with Crippen LogP contribution in [0, 0.1) is 5.92 Å². The molecule has 4 heteroatoms. The van der Waals surface area contributed by atoms with E-state index in [9.17, 15) is 4.79 Å². The Bertz CT molecular complexity index is 239. The molecule has 0 amide bonds. The fourth-order valence-electron chi connectivity index (χ4n) is 2.20. The highest BCUT2D eigenvalue weighted by molar-refractivity contribution is 8.00. The fourth-order valence-corrected chi connectivity index (χ4v) is 2.99. The quantitative estimate of drug-likeness (QED) is 0.721. The summed E-state index contributed by atoms with van der Waals surface area (Å²) < 4.78 is 10.7. The molecule has 2 rings (SSSR count). The summed E-state index contributed by atoms with van der Waals surface area (Å²) in [6.07, 6.45) is 5.86. The molecule has 18 heavy (non-hydrogen) atoms. The van der Waals surface area contributed by atoms with Crippen molar-refractivity contribution < 1.29 is 14.3 Å². The lowest BCUT2D eigenvalue weighted by atomic mass is 9.89. The second-order valence-electron chi connectivity index (χ2n) is 5.11. The number of rotatable bonds is 2. The summed E-state index contributed by atoms with van der Waals surface area (Å²) in [4.78, 5) is 11.7. The summed E-state index contributed by atoms with van der Waals surface area (Å²) in [7, 11) is 0. The van der Waals surface area contributed by atoms with Gasteiger partial charge in [-0.25, -0.2) is 4.79 Å². The van der Waals surface area contributed by atoms with Gasteiger partial charge in [0.15, 0.2) is 0 Å². The molecule has 1 saturated heterocycles. The molecule has 1 saturated carbocycles. The van der Waals surface area contributed by atoms with Gasteiger partial charge < -0.3 is 9.47 Å². The van der Waals surface area contributed by atoms with Gasteiger partial charge in [0, 0.05) is 5.75 Å². The van der Waals surface area contributed by atoms with Gasteiger partial charge in [0.05, 0.1) is 6.61 Å². The SMILES string of the molecule is CC1CCCC(OC(=O)C2OCCS2)C1.CCC. The maximum atomic E-state index is 11.7. The third-order valence-corrected chi connectivity index (χ3v) is 4.02. The van der Waals surface area contributed by atoms with E-state index in [4.69, 9.17) is 9.47 Å². The van der Waals surface area contributed by atoms with Gasteiger partial charge in [0.2, 0.25) is 5.44 Å². The molecular formula is C14H26O3S. The van der Waals surface area contributed by atoms with E-state index in [1.807, 2.05) is 0 Å². The third-order valence-electron chi connectivity index (χ3n) is 2.99. The Hall–Kier alpha value is -0.220. The molecule has 0 N–H and O–H groups in total. The molecule has 1 aliphatic carbocycles. The summed E-state index contributed by atoms with van der Waals surface area (Å²) in [5.74, 6) is 1.42. The van der Waals surface area contributed by atoms with Crippen LogP contribution < -0.4 is 0 Å². The van der Waals surface area contributed by atoms with E-state index in [0.717, 1.165) is 18.6 Å². The van der Waals surface area contributed by atoms with Crippen LogP contribution in [0.4, 0.5) is 0 Å². The van der Waals surface area contributed by atoms with Gasteiger partial charge >= 0.3 is 5.97 Å². The first-order valence-corrected chi connectivity index (χ1v) is 8.15. The minimum Gasteiger partial charge on any atom is -0.460 e. The molecular weight excluding hydrogens is 248 g/mol. The Labute approximate surface area is 115 Å². The van der Waals surface area contributed by atoms with E-state index in [2.05, 4.69) is 20.8 Å². The molecule has 3 atom stereocenters. The highest BCUT2D eigenvalue weighted by Crippen LogP contribution is 2.28. The lowest BCUT2D eigenvalue weighted by molar-refractivity contribution is -0.157. The second kappa shape index (κ2) is 8.81. The largest absolute Gasteiger partial charge is 0.460 e. The standard InChI is InChI=1S/C11H18O3S.C3H8/c1-8-3-2-4-9(7-8)14-10(12)11-13-5-6-15-11;1-3-2/h8-9,11H,2-7H2,1H3;3H2,1-2H3. The zero-order chi connectivity index (χ0) is 13.4. The molecule has 2 aliphatic rings. The molecule has 0 aromatic rings. The van der Waals surface area contributed by atoms with Crippen LogP contribution in [0.1, 0.15) is 52.9 Å². The van der Waals surface area contributed by atoms with Crippen molar-refractivity contribution in [2.75, 3.05) is 12.4 Å². The van der Waals surface area contributed by atoms with Crippen molar-refractivity contribution in [2.24, 2.45) is 5.92 Å². The summed E-state index contributed by atoms with van der Waals surface area (Å²) >= 11 is 1.54. The predicted molar refractivity (Wildman–Crippen MR) is 75.7 cm³/mol. The first kappa shape index (κ1) is 15.8. The van der Waals surface area contributed by atoms with Crippen molar-refractivity contribution in [1.82, 2.24) is 0 Å². The average Bonchev–Trinajstić information content (AvgIpc) is 2.83. The summed E-state index contributed by atoms with van der Waals surface area (Å²) in [5.41, 5.74) is -0.359. The normalized spacial score (nSPS) is 31.4. The van der Waals surface area contributed by atoms with Crippen LogP contribution in [0.3, 0.4) is 0 Å². The molecule has 106 valence electrons. The highest BCUT2D eigenvalue weighted by atomic mass is 32.2. The molecule has 3 unspecified atom stereocenters. The van der Waals surface area contributed by atoms with Crippen LogP contribution in [0.15, 0.2) is 0 Å². The molecule has 3 nitrogen and oxygen atoms in total. The number of ether oxygens (including phenoxy) is 2. The van der Waals surface area contributed by atoms with Crippen molar-refractivity contribution in [3.63, 3.8) is 0 Å². The average molecular weight is 274 g/mol. The summed E-state index contributed by atoms with van der Waals surface area (Å²) in [6, 6.07) is 0. The Balaban J connectivity index is 0.000000492. The lowest BCUT2D eigenvalue weighted by Gasteiger charge is -2.27. The highest BCUT2D eigenvalue weighted by Gasteiger charge is 2.29. The van der Waals surface area contributed by atoms with Crippen molar-refractivity contribution in [3.8, 4) is 0 Å². The van der Waals surface area contributed by atoms with Crippen molar-refractivity contribution >= 4 is 17.7 Å². The third kappa shape index (κ3) is 5.61. The van der Waals surface area contributed by atoms with Crippen molar-refractivity contribution in [3.05, 3.63) is 0 Å². The molecule has 0 spiro atoms. The topological polar surface area (TPSA) is 35.5 Å². The Kier molecular flexibility index (Phi) is 7.75. The number of carbonyl (C=O) groups excluding carboxylic acids is 1. The van der Waals surface area contributed by atoms with E-state index < -0.39 is 0 Å². The zero-order valence-electron chi connectivity index (χ0n) is 11.8. The van der Waals surface area contributed by atoms with E-state index in [0.29, 0.717) is 12.5 Å². The predicted octanol–water partition coefficient (Wildman–Crippen LogP) is 3.61. The van der Waals surface area contributed by atoms with Crippen molar-refractivity contribution in [1.29, 1.82) is 0 Å².